The molecule has 209 valence electrons. The van der Waals surface area contributed by atoms with Gasteiger partial charge in [-0.25, -0.2) is 9.97 Å². The monoisotopic (exact) mass is 739 g/mol. The third kappa shape index (κ3) is 7.17. The van der Waals surface area contributed by atoms with Gasteiger partial charge in [0.15, 0.2) is 0 Å². The molecule has 0 N–H and O–H groups in total. The fourth-order valence-electron chi connectivity index (χ4n) is 4.16. The van der Waals surface area contributed by atoms with Crippen LogP contribution < -0.4 is 0 Å². The van der Waals surface area contributed by atoms with Crippen LogP contribution in [0.3, 0.4) is 0 Å². The number of para-hydroxylation sites is 2. The van der Waals surface area contributed by atoms with Crippen molar-refractivity contribution in [2.75, 3.05) is 0 Å². The summed E-state index contributed by atoms with van der Waals surface area (Å²) in [6.45, 7) is 0. The van der Waals surface area contributed by atoms with E-state index in [0.717, 1.165) is 46.1 Å². The van der Waals surface area contributed by atoms with Crippen molar-refractivity contribution in [2.24, 2.45) is 0 Å². The maximum Gasteiger partial charge on any atom is 0.416 e. The molecule has 0 aliphatic heterocycles. The molecule has 6 aromatic rings. The molecule has 0 saturated carbocycles. The first kappa shape index (κ1) is 29.9. The van der Waals surface area contributed by atoms with Crippen molar-refractivity contribution < 1.29 is 46.4 Å². The number of halogens is 6. The van der Waals surface area contributed by atoms with E-state index in [2.05, 4.69) is 9.97 Å². The molecule has 2 aromatic heterocycles. The molecule has 0 bridgehead atoms. The standard InChI is InChI=1S/2C16H10F3N.Ir/c2*17-16(18,19)13-6-3-5-12(10-13)15-9-8-11-4-1-2-7-14(11)20-15;/h2*1-10H;. The molecule has 0 atom stereocenters. The molecule has 0 unspecified atom stereocenters. The third-order valence-corrected chi connectivity index (χ3v) is 6.17. The van der Waals surface area contributed by atoms with E-state index in [1.54, 1.807) is 24.3 Å². The quantitative estimate of drug-likeness (QED) is 0.166. The minimum atomic E-state index is -4.34. The van der Waals surface area contributed by atoms with E-state index in [-0.39, 0.29) is 20.1 Å². The first-order valence-corrected chi connectivity index (χ1v) is 12.1. The van der Waals surface area contributed by atoms with Crippen LogP contribution in [0.5, 0.6) is 0 Å². The third-order valence-electron chi connectivity index (χ3n) is 6.17. The Kier molecular flexibility index (Phi) is 8.90. The normalized spacial score (nSPS) is 11.5. The van der Waals surface area contributed by atoms with E-state index in [1.807, 2.05) is 60.7 Å². The van der Waals surface area contributed by atoms with Gasteiger partial charge < -0.3 is 0 Å². The van der Waals surface area contributed by atoms with Crippen molar-refractivity contribution in [2.45, 2.75) is 12.4 Å². The maximum absolute atomic E-state index is 12.7. The topological polar surface area (TPSA) is 25.8 Å². The molecule has 0 fully saturated rings. The van der Waals surface area contributed by atoms with Crippen LogP contribution in [0.15, 0.2) is 121 Å². The molecule has 0 saturated heterocycles. The minimum absolute atomic E-state index is 0. The number of hydrogen-bond acceptors (Lipinski definition) is 2. The molecule has 4 aromatic carbocycles. The zero-order valence-electron chi connectivity index (χ0n) is 21.0. The second-order valence-corrected chi connectivity index (χ2v) is 8.94. The van der Waals surface area contributed by atoms with E-state index in [9.17, 15) is 26.3 Å². The van der Waals surface area contributed by atoms with Gasteiger partial charge in [0.1, 0.15) is 0 Å². The summed E-state index contributed by atoms with van der Waals surface area (Å²) in [7, 11) is 0. The van der Waals surface area contributed by atoms with Crippen LogP contribution in [0.4, 0.5) is 26.3 Å². The van der Waals surface area contributed by atoms with E-state index < -0.39 is 23.5 Å². The maximum atomic E-state index is 12.7. The molecule has 1 radical (unpaired) electrons. The summed E-state index contributed by atoms with van der Waals surface area (Å²) in [6.07, 6.45) is -8.68. The smallest absolute Gasteiger partial charge is 0.248 e. The second kappa shape index (κ2) is 12.2. The van der Waals surface area contributed by atoms with Gasteiger partial charge in [-0.2, -0.15) is 26.3 Å². The van der Waals surface area contributed by atoms with E-state index in [0.29, 0.717) is 22.5 Å². The predicted octanol–water partition coefficient (Wildman–Crippen LogP) is 9.84. The van der Waals surface area contributed by atoms with Crippen LogP contribution in [0, 0.1) is 0 Å². The molecule has 0 aliphatic rings. The van der Waals surface area contributed by atoms with Crippen molar-refractivity contribution in [1.82, 2.24) is 9.97 Å². The zero-order chi connectivity index (χ0) is 28.3. The molecule has 41 heavy (non-hydrogen) atoms. The summed E-state index contributed by atoms with van der Waals surface area (Å²) in [6, 6.07) is 32.6. The van der Waals surface area contributed by atoms with E-state index >= 15 is 0 Å². The Labute approximate surface area is 245 Å². The molecule has 2 nitrogen and oxygen atoms in total. The number of pyridine rings is 2. The molecule has 0 spiro atoms. The number of aromatic nitrogens is 2. The zero-order valence-corrected chi connectivity index (χ0v) is 23.4. The van der Waals surface area contributed by atoms with Gasteiger partial charge in [0.25, 0.3) is 0 Å². The Morgan fingerprint density at radius 2 is 0.805 bits per heavy atom. The van der Waals surface area contributed by atoms with Gasteiger partial charge in [-0.3, -0.25) is 0 Å². The average molecular weight is 739 g/mol. The second-order valence-electron chi connectivity index (χ2n) is 8.94. The van der Waals surface area contributed by atoms with Crippen molar-refractivity contribution in [3.63, 3.8) is 0 Å². The van der Waals surface area contributed by atoms with Crippen LogP contribution in [0.1, 0.15) is 11.1 Å². The number of nitrogens with zero attached hydrogens (tertiary/aromatic N) is 2. The van der Waals surface area contributed by atoms with Crippen LogP contribution in [0.2, 0.25) is 0 Å². The van der Waals surface area contributed by atoms with Crippen LogP contribution in [-0.2, 0) is 32.5 Å². The van der Waals surface area contributed by atoms with Gasteiger partial charge in [0.05, 0.1) is 33.5 Å². The Morgan fingerprint density at radius 1 is 0.415 bits per heavy atom. The molecule has 0 aliphatic carbocycles. The van der Waals surface area contributed by atoms with Crippen LogP contribution >= 0.6 is 0 Å². The number of benzene rings is 4. The average Bonchev–Trinajstić information content (AvgIpc) is 2.96. The van der Waals surface area contributed by atoms with Gasteiger partial charge in [-0.05, 0) is 48.5 Å². The van der Waals surface area contributed by atoms with Gasteiger partial charge in [0.2, 0.25) is 0 Å². The van der Waals surface area contributed by atoms with Crippen molar-refractivity contribution in [3.8, 4) is 22.5 Å². The molecule has 6 rings (SSSR count). The minimum Gasteiger partial charge on any atom is -0.248 e. The first-order chi connectivity index (χ1) is 19.1. The van der Waals surface area contributed by atoms with Gasteiger partial charge in [0, 0.05) is 42.0 Å². The number of rotatable bonds is 2. The van der Waals surface area contributed by atoms with Gasteiger partial charge in [-0.15, -0.1) is 0 Å². The van der Waals surface area contributed by atoms with Crippen molar-refractivity contribution in [1.29, 1.82) is 0 Å². The predicted molar refractivity (Wildman–Crippen MR) is 144 cm³/mol. The number of hydrogen-bond donors (Lipinski definition) is 0. The summed E-state index contributed by atoms with van der Waals surface area (Å²) in [5, 5.41) is 1.92. The largest absolute Gasteiger partial charge is 0.416 e. The van der Waals surface area contributed by atoms with Crippen LogP contribution in [0.25, 0.3) is 44.3 Å². The summed E-state index contributed by atoms with van der Waals surface area (Å²) in [4.78, 5) is 8.80. The van der Waals surface area contributed by atoms with Crippen molar-refractivity contribution in [3.05, 3.63) is 132 Å². The Balaban J connectivity index is 0.000000184. The SMILES string of the molecule is FC(F)(F)c1cccc(-c2ccc3ccccc3n2)c1.FC(F)(F)c1cccc(-c2ccc3ccccc3n2)c1.[Ir]. The molecule has 0 amide bonds. The van der Waals surface area contributed by atoms with Gasteiger partial charge in [-0.1, -0.05) is 72.8 Å². The molecule has 9 heteroatoms. The molecule has 2 heterocycles. The summed E-state index contributed by atoms with van der Waals surface area (Å²) in [5.41, 5.74) is 2.21. The summed E-state index contributed by atoms with van der Waals surface area (Å²) >= 11 is 0. The molecular weight excluding hydrogens is 719 g/mol. The summed E-state index contributed by atoms with van der Waals surface area (Å²) < 4.78 is 76.3. The molecular formula is C32H20F6IrN2. The van der Waals surface area contributed by atoms with E-state index in [1.165, 1.54) is 12.1 Å². The Hall–Kier alpha value is -4.07. The fraction of sp³-hybridized carbons (Fsp3) is 0.0625. The van der Waals surface area contributed by atoms with Crippen LogP contribution in [-0.4, -0.2) is 9.97 Å². The summed E-state index contributed by atoms with van der Waals surface area (Å²) in [5.74, 6) is 0. The van der Waals surface area contributed by atoms with Crippen molar-refractivity contribution >= 4 is 21.8 Å². The Bertz CT molecular complexity index is 1670. The fourth-order valence-corrected chi connectivity index (χ4v) is 4.16. The Morgan fingerprint density at radius 3 is 1.20 bits per heavy atom. The number of fused-ring (bicyclic) bond motifs is 2. The van der Waals surface area contributed by atoms with Gasteiger partial charge >= 0.3 is 12.4 Å². The number of alkyl halides is 6. The first-order valence-electron chi connectivity index (χ1n) is 12.1. The van der Waals surface area contributed by atoms with E-state index in [4.69, 9.17) is 0 Å².